The van der Waals surface area contributed by atoms with E-state index in [1.807, 2.05) is 41.3 Å². The van der Waals surface area contributed by atoms with E-state index < -0.39 is 0 Å². The standard InChI is InChI=1S/C25H27N5O/c1-18-13-21-15-22(16-26)24(28-23(21)14-19(18)2)29-9-6-10-30(12-11-29)25(31)27-17-20-7-4-3-5-8-20/h3-5,7-8,13-15H,6,9-12,17H2,1-2H3,(H,27,31). The van der Waals surface area contributed by atoms with Crippen LogP contribution in [0.2, 0.25) is 0 Å². The third-order valence-electron chi connectivity index (χ3n) is 5.90. The summed E-state index contributed by atoms with van der Waals surface area (Å²) >= 11 is 0. The average molecular weight is 414 g/mol. The highest BCUT2D eigenvalue weighted by molar-refractivity contribution is 5.84. The Morgan fingerprint density at radius 2 is 1.84 bits per heavy atom. The maximum Gasteiger partial charge on any atom is 0.317 e. The van der Waals surface area contributed by atoms with Crippen molar-refractivity contribution in [3.05, 3.63) is 70.8 Å². The van der Waals surface area contributed by atoms with Crippen molar-refractivity contribution >= 4 is 22.8 Å². The van der Waals surface area contributed by atoms with Crippen molar-refractivity contribution in [3.63, 3.8) is 0 Å². The molecule has 0 spiro atoms. The molecule has 0 atom stereocenters. The highest BCUT2D eigenvalue weighted by atomic mass is 16.2. The summed E-state index contributed by atoms with van der Waals surface area (Å²) in [6, 6.07) is 18.3. The van der Waals surface area contributed by atoms with E-state index in [9.17, 15) is 10.1 Å². The number of carbonyl (C=O) groups excluding carboxylic acids is 1. The number of hydrogen-bond donors (Lipinski definition) is 1. The molecule has 6 nitrogen and oxygen atoms in total. The first-order valence-electron chi connectivity index (χ1n) is 10.7. The van der Waals surface area contributed by atoms with Gasteiger partial charge in [0.05, 0.1) is 11.1 Å². The van der Waals surface area contributed by atoms with Crippen molar-refractivity contribution < 1.29 is 4.79 Å². The number of aromatic nitrogens is 1. The quantitative estimate of drug-likeness (QED) is 0.700. The largest absolute Gasteiger partial charge is 0.354 e. The molecular weight excluding hydrogens is 386 g/mol. The van der Waals surface area contributed by atoms with Gasteiger partial charge in [-0.15, -0.1) is 0 Å². The summed E-state index contributed by atoms with van der Waals surface area (Å²) in [6.07, 6.45) is 0.830. The van der Waals surface area contributed by atoms with Crippen molar-refractivity contribution in [2.45, 2.75) is 26.8 Å². The van der Waals surface area contributed by atoms with Gasteiger partial charge in [0.1, 0.15) is 11.9 Å². The molecule has 6 heteroatoms. The third-order valence-corrected chi connectivity index (χ3v) is 5.90. The molecule has 0 bridgehead atoms. The first kappa shape index (κ1) is 20.7. The molecule has 2 heterocycles. The van der Waals surface area contributed by atoms with Gasteiger partial charge in [-0.3, -0.25) is 0 Å². The number of rotatable bonds is 3. The number of pyridine rings is 1. The fourth-order valence-corrected chi connectivity index (χ4v) is 3.97. The van der Waals surface area contributed by atoms with Crippen molar-refractivity contribution in [1.29, 1.82) is 5.26 Å². The van der Waals surface area contributed by atoms with E-state index in [1.54, 1.807) is 0 Å². The predicted octanol–water partition coefficient (Wildman–Crippen LogP) is 4.15. The molecule has 2 amide bonds. The van der Waals surface area contributed by atoms with Crippen LogP contribution in [0.5, 0.6) is 0 Å². The van der Waals surface area contributed by atoms with Gasteiger partial charge in [-0.2, -0.15) is 5.26 Å². The molecule has 3 aromatic rings. The lowest BCUT2D eigenvalue weighted by Crippen LogP contribution is -2.41. The Balaban J connectivity index is 1.48. The number of urea groups is 1. The molecule has 0 radical (unpaired) electrons. The number of amides is 2. The van der Waals surface area contributed by atoms with Gasteiger partial charge in [-0.1, -0.05) is 30.3 Å². The molecule has 2 aromatic carbocycles. The van der Waals surface area contributed by atoms with Gasteiger partial charge in [0, 0.05) is 38.1 Å². The Kier molecular flexibility index (Phi) is 6.03. The monoisotopic (exact) mass is 413 g/mol. The first-order chi connectivity index (χ1) is 15.0. The zero-order valence-corrected chi connectivity index (χ0v) is 18.1. The highest BCUT2D eigenvalue weighted by Gasteiger charge is 2.22. The van der Waals surface area contributed by atoms with Crippen LogP contribution in [0.3, 0.4) is 0 Å². The van der Waals surface area contributed by atoms with Crippen LogP contribution in [-0.4, -0.2) is 42.1 Å². The normalized spacial score (nSPS) is 14.2. The molecular formula is C25H27N5O. The van der Waals surface area contributed by atoms with E-state index in [4.69, 9.17) is 4.98 Å². The van der Waals surface area contributed by atoms with Gasteiger partial charge in [0.2, 0.25) is 0 Å². The Morgan fingerprint density at radius 1 is 1.06 bits per heavy atom. The summed E-state index contributed by atoms with van der Waals surface area (Å²) in [5.41, 5.74) is 4.94. The molecule has 1 N–H and O–H groups in total. The van der Waals surface area contributed by atoms with Crippen LogP contribution in [0.15, 0.2) is 48.5 Å². The second-order valence-corrected chi connectivity index (χ2v) is 8.07. The lowest BCUT2D eigenvalue weighted by molar-refractivity contribution is 0.201. The number of benzene rings is 2. The van der Waals surface area contributed by atoms with Crippen LogP contribution in [0.4, 0.5) is 10.6 Å². The van der Waals surface area contributed by atoms with E-state index in [0.717, 1.165) is 29.4 Å². The van der Waals surface area contributed by atoms with E-state index in [0.29, 0.717) is 37.6 Å². The highest BCUT2D eigenvalue weighted by Crippen LogP contribution is 2.26. The van der Waals surface area contributed by atoms with Gasteiger partial charge in [0.25, 0.3) is 0 Å². The molecule has 0 aliphatic carbocycles. The van der Waals surface area contributed by atoms with Gasteiger partial charge in [-0.25, -0.2) is 9.78 Å². The molecule has 31 heavy (non-hydrogen) atoms. The number of aryl methyl sites for hydroxylation is 2. The van der Waals surface area contributed by atoms with E-state index in [2.05, 4.69) is 42.3 Å². The Hall–Kier alpha value is -3.59. The minimum absolute atomic E-state index is 0.0521. The summed E-state index contributed by atoms with van der Waals surface area (Å²) in [4.78, 5) is 21.5. The van der Waals surface area contributed by atoms with Crippen LogP contribution < -0.4 is 10.2 Å². The number of nitrogens with one attached hydrogen (secondary N) is 1. The summed E-state index contributed by atoms with van der Waals surface area (Å²) in [7, 11) is 0. The predicted molar refractivity (Wildman–Crippen MR) is 123 cm³/mol. The second-order valence-electron chi connectivity index (χ2n) is 8.07. The molecule has 0 saturated carbocycles. The Bertz CT molecular complexity index is 1140. The zero-order chi connectivity index (χ0) is 21.8. The molecule has 1 saturated heterocycles. The van der Waals surface area contributed by atoms with Crippen LogP contribution in [0.1, 0.15) is 28.7 Å². The van der Waals surface area contributed by atoms with Crippen molar-refractivity contribution in [1.82, 2.24) is 15.2 Å². The maximum absolute atomic E-state index is 12.7. The summed E-state index contributed by atoms with van der Waals surface area (Å²) < 4.78 is 0. The Morgan fingerprint density at radius 3 is 2.61 bits per heavy atom. The summed E-state index contributed by atoms with van der Waals surface area (Å²) in [5, 5.41) is 13.7. The van der Waals surface area contributed by atoms with Crippen molar-refractivity contribution in [2.24, 2.45) is 0 Å². The molecule has 1 aromatic heterocycles. The number of nitrogens with zero attached hydrogens (tertiary/aromatic N) is 4. The van der Waals surface area contributed by atoms with Crippen molar-refractivity contribution in [2.75, 3.05) is 31.1 Å². The lowest BCUT2D eigenvalue weighted by Gasteiger charge is -2.24. The van der Waals surface area contributed by atoms with Crippen LogP contribution in [0, 0.1) is 25.2 Å². The minimum Gasteiger partial charge on any atom is -0.354 e. The first-order valence-corrected chi connectivity index (χ1v) is 10.7. The fourth-order valence-electron chi connectivity index (χ4n) is 3.97. The number of fused-ring (bicyclic) bond motifs is 1. The lowest BCUT2D eigenvalue weighted by atomic mass is 10.0. The molecule has 0 unspecified atom stereocenters. The summed E-state index contributed by atoms with van der Waals surface area (Å²) in [6.45, 7) is 7.36. The van der Waals surface area contributed by atoms with E-state index in [1.165, 1.54) is 11.1 Å². The van der Waals surface area contributed by atoms with Gasteiger partial charge in [0.15, 0.2) is 0 Å². The number of anilines is 1. The van der Waals surface area contributed by atoms with Crippen LogP contribution in [0.25, 0.3) is 10.9 Å². The number of carbonyl (C=O) groups is 1. The topological polar surface area (TPSA) is 72.3 Å². The fraction of sp³-hybridized carbons (Fsp3) is 0.320. The smallest absolute Gasteiger partial charge is 0.317 e. The second kappa shape index (κ2) is 9.05. The molecule has 1 fully saturated rings. The number of nitriles is 1. The zero-order valence-electron chi connectivity index (χ0n) is 18.1. The molecule has 158 valence electrons. The van der Waals surface area contributed by atoms with E-state index in [-0.39, 0.29) is 6.03 Å². The van der Waals surface area contributed by atoms with Crippen LogP contribution in [-0.2, 0) is 6.54 Å². The Labute approximate surface area is 183 Å². The maximum atomic E-state index is 12.7. The van der Waals surface area contributed by atoms with Crippen molar-refractivity contribution in [3.8, 4) is 6.07 Å². The SMILES string of the molecule is Cc1cc2cc(C#N)c(N3CCCN(C(=O)NCc4ccccc4)CC3)nc2cc1C. The average Bonchev–Trinajstić information content (AvgIpc) is 3.04. The van der Waals surface area contributed by atoms with Gasteiger partial charge >= 0.3 is 6.03 Å². The minimum atomic E-state index is -0.0521. The molecule has 4 rings (SSSR count). The van der Waals surface area contributed by atoms with Gasteiger partial charge in [-0.05, 0) is 55.2 Å². The molecule has 1 aliphatic heterocycles. The van der Waals surface area contributed by atoms with Crippen LogP contribution >= 0.6 is 0 Å². The molecule has 1 aliphatic rings. The summed E-state index contributed by atoms with van der Waals surface area (Å²) in [5.74, 6) is 0.713. The van der Waals surface area contributed by atoms with E-state index >= 15 is 0 Å². The third kappa shape index (κ3) is 4.61. The van der Waals surface area contributed by atoms with Gasteiger partial charge < -0.3 is 15.1 Å². The number of hydrogen-bond acceptors (Lipinski definition) is 4.